The van der Waals surface area contributed by atoms with Crippen molar-refractivity contribution in [3.8, 4) is 16.3 Å². The lowest BCUT2D eigenvalue weighted by Crippen LogP contribution is -2.44. The van der Waals surface area contributed by atoms with E-state index < -0.39 is 0 Å². The summed E-state index contributed by atoms with van der Waals surface area (Å²) in [5, 5.41) is 13.8. The van der Waals surface area contributed by atoms with Gasteiger partial charge in [0.25, 0.3) is 0 Å². The van der Waals surface area contributed by atoms with E-state index in [4.69, 9.17) is 4.74 Å². The molecule has 150 valence electrons. The van der Waals surface area contributed by atoms with Crippen LogP contribution in [0.2, 0.25) is 0 Å². The molecule has 3 heterocycles. The number of ether oxygens (including phenoxy) is 1. The lowest BCUT2D eigenvalue weighted by molar-refractivity contribution is -0.125. The second-order valence-electron chi connectivity index (χ2n) is 6.99. The highest BCUT2D eigenvalue weighted by molar-refractivity contribution is 7.13. The Bertz CT molecular complexity index is 900. The Balaban J connectivity index is 1.27. The largest absolute Gasteiger partial charge is 0.492 e. The molecular weight excluding hydrogens is 384 g/mol. The molecule has 1 fully saturated rings. The van der Waals surface area contributed by atoms with Crippen LogP contribution in [0.4, 0.5) is 5.82 Å². The number of carbonyl (C=O) groups excluding carboxylic acids is 1. The number of aromatic nitrogens is 2. The number of hydrogen-bond donors (Lipinski definition) is 1. The van der Waals surface area contributed by atoms with Gasteiger partial charge >= 0.3 is 0 Å². The molecule has 0 aliphatic carbocycles. The molecule has 0 saturated carbocycles. The highest BCUT2D eigenvalue weighted by Crippen LogP contribution is 2.25. The van der Waals surface area contributed by atoms with E-state index in [9.17, 15) is 4.79 Å². The van der Waals surface area contributed by atoms with Gasteiger partial charge in [-0.2, -0.15) is 0 Å². The van der Waals surface area contributed by atoms with E-state index in [0.29, 0.717) is 19.7 Å². The second-order valence-corrected chi connectivity index (χ2v) is 7.94. The normalized spacial score (nSPS) is 16.4. The van der Waals surface area contributed by atoms with Gasteiger partial charge in [0, 0.05) is 13.1 Å². The van der Waals surface area contributed by atoms with E-state index in [0.717, 1.165) is 41.5 Å². The SMILES string of the molecule is O=C(NCCOc1ccccc1)C1CCCN(c2ccc(-c3cccs3)nn2)C1. The predicted molar refractivity (Wildman–Crippen MR) is 115 cm³/mol. The third-order valence-corrected chi connectivity index (χ3v) is 5.85. The summed E-state index contributed by atoms with van der Waals surface area (Å²) in [5.74, 6) is 1.68. The van der Waals surface area contributed by atoms with Crippen molar-refractivity contribution >= 4 is 23.1 Å². The van der Waals surface area contributed by atoms with Gasteiger partial charge in [0.2, 0.25) is 5.91 Å². The van der Waals surface area contributed by atoms with Crippen LogP contribution in [-0.2, 0) is 4.79 Å². The Kier molecular flexibility index (Phi) is 6.36. The van der Waals surface area contributed by atoms with Gasteiger partial charge in [0.15, 0.2) is 5.82 Å². The van der Waals surface area contributed by atoms with E-state index >= 15 is 0 Å². The predicted octanol–water partition coefficient (Wildman–Crippen LogP) is 3.62. The lowest BCUT2D eigenvalue weighted by atomic mass is 9.97. The monoisotopic (exact) mass is 408 g/mol. The molecule has 6 nitrogen and oxygen atoms in total. The number of piperidine rings is 1. The van der Waals surface area contributed by atoms with Crippen molar-refractivity contribution in [2.45, 2.75) is 12.8 Å². The van der Waals surface area contributed by atoms with Crippen LogP contribution in [0.1, 0.15) is 12.8 Å². The summed E-state index contributed by atoms with van der Waals surface area (Å²) >= 11 is 1.65. The maximum atomic E-state index is 12.6. The van der Waals surface area contributed by atoms with Crippen molar-refractivity contribution in [1.29, 1.82) is 0 Å². The van der Waals surface area contributed by atoms with Gasteiger partial charge in [-0.25, -0.2) is 0 Å². The fourth-order valence-electron chi connectivity index (χ4n) is 3.45. The standard InChI is InChI=1S/C22H24N4O2S/c27-22(23-12-14-28-18-7-2-1-3-8-18)17-6-4-13-26(16-17)21-11-10-19(24-25-21)20-9-5-15-29-20/h1-3,5,7-11,15,17H,4,6,12-14,16H2,(H,23,27). The molecule has 3 aromatic rings. The molecule has 1 atom stereocenters. The Labute approximate surface area is 174 Å². The molecule has 7 heteroatoms. The summed E-state index contributed by atoms with van der Waals surface area (Å²) in [6.45, 7) is 2.52. The number of amides is 1. The van der Waals surface area contributed by atoms with E-state index in [1.807, 2.05) is 60.0 Å². The summed E-state index contributed by atoms with van der Waals surface area (Å²) in [5.41, 5.74) is 0.883. The van der Waals surface area contributed by atoms with Crippen LogP contribution < -0.4 is 15.0 Å². The van der Waals surface area contributed by atoms with Crippen LogP contribution in [0, 0.1) is 5.92 Å². The first-order chi connectivity index (χ1) is 14.3. The molecule has 1 unspecified atom stereocenters. The summed E-state index contributed by atoms with van der Waals surface area (Å²) < 4.78 is 5.63. The van der Waals surface area contributed by atoms with Crippen molar-refractivity contribution in [2.75, 3.05) is 31.1 Å². The Morgan fingerprint density at radius 1 is 1.14 bits per heavy atom. The molecule has 0 radical (unpaired) electrons. The zero-order valence-electron chi connectivity index (χ0n) is 16.2. The summed E-state index contributed by atoms with van der Waals surface area (Å²) in [6, 6.07) is 17.7. The summed E-state index contributed by atoms with van der Waals surface area (Å²) in [4.78, 5) is 15.8. The Morgan fingerprint density at radius 2 is 2.03 bits per heavy atom. The topological polar surface area (TPSA) is 67.3 Å². The number of carbonyl (C=O) groups is 1. The Morgan fingerprint density at radius 3 is 2.79 bits per heavy atom. The average molecular weight is 409 g/mol. The molecule has 1 aromatic carbocycles. The molecule has 29 heavy (non-hydrogen) atoms. The number of nitrogens with one attached hydrogen (secondary N) is 1. The van der Waals surface area contributed by atoms with Crippen LogP contribution in [0.5, 0.6) is 5.75 Å². The molecule has 1 aliphatic heterocycles. The fraction of sp³-hybridized carbons (Fsp3) is 0.318. The number of thiophene rings is 1. The van der Waals surface area contributed by atoms with Gasteiger partial charge in [-0.15, -0.1) is 21.5 Å². The van der Waals surface area contributed by atoms with Gasteiger partial charge in [-0.3, -0.25) is 4.79 Å². The van der Waals surface area contributed by atoms with Crippen LogP contribution >= 0.6 is 11.3 Å². The number of nitrogens with zero attached hydrogens (tertiary/aromatic N) is 3. The molecule has 4 rings (SSSR count). The van der Waals surface area contributed by atoms with Gasteiger partial charge < -0.3 is 15.0 Å². The summed E-state index contributed by atoms with van der Waals surface area (Å²) in [7, 11) is 0. The first-order valence-electron chi connectivity index (χ1n) is 9.88. The number of hydrogen-bond acceptors (Lipinski definition) is 6. The first kappa shape index (κ1) is 19.4. The van der Waals surface area contributed by atoms with Crippen molar-refractivity contribution < 1.29 is 9.53 Å². The maximum Gasteiger partial charge on any atom is 0.225 e. The quantitative estimate of drug-likeness (QED) is 0.605. The minimum absolute atomic E-state index is 0.0424. The Hall–Kier alpha value is -2.93. The van der Waals surface area contributed by atoms with E-state index in [1.165, 1.54) is 0 Å². The molecule has 1 saturated heterocycles. The van der Waals surface area contributed by atoms with Crippen LogP contribution in [-0.4, -0.2) is 42.3 Å². The first-order valence-corrected chi connectivity index (χ1v) is 10.8. The average Bonchev–Trinajstić information content (AvgIpc) is 3.32. The number of rotatable bonds is 7. The minimum Gasteiger partial charge on any atom is -0.492 e. The van der Waals surface area contributed by atoms with Crippen molar-refractivity contribution in [3.63, 3.8) is 0 Å². The van der Waals surface area contributed by atoms with Crippen LogP contribution in [0.3, 0.4) is 0 Å². The zero-order chi connectivity index (χ0) is 19.9. The lowest BCUT2D eigenvalue weighted by Gasteiger charge is -2.32. The molecule has 1 amide bonds. The van der Waals surface area contributed by atoms with Crippen molar-refractivity contribution in [2.24, 2.45) is 5.92 Å². The van der Waals surface area contributed by atoms with Gasteiger partial charge in [0.1, 0.15) is 18.1 Å². The zero-order valence-corrected chi connectivity index (χ0v) is 17.0. The molecular formula is C22H24N4O2S. The molecule has 1 N–H and O–H groups in total. The van der Waals surface area contributed by atoms with E-state index in [1.54, 1.807) is 11.3 Å². The second kappa shape index (κ2) is 9.52. The minimum atomic E-state index is -0.0424. The molecule has 0 spiro atoms. The van der Waals surface area contributed by atoms with Crippen LogP contribution in [0.15, 0.2) is 60.0 Å². The third kappa shape index (κ3) is 5.12. The third-order valence-electron chi connectivity index (χ3n) is 4.95. The maximum absolute atomic E-state index is 12.6. The fourth-order valence-corrected chi connectivity index (χ4v) is 4.14. The summed E-state index contributed by atoms with van der Waals surface area (Å²) in [6.07, 6.45) is 1.86. The number of para-hydroxylation sites is 1. The van der Waals surface area contributed by atoms with Crippen molar-refractivity contribution in [3.05, 3.63) is 60.0 Å². The van der Waals surface area contributed by atoms with Gasteiger partial charge in [0.05, 0.1) is 17.3 Å². The highest BCUT2D eigenvalue weighted by atomic mass is 32.1. The molecule has 2 aromatic heterocycles. The van der Waals surface area contributed by atoms with Crippen LogP contribution in [0.25, 0.3) is 10.6 Å². The van der Waals surface area contributed by atoms with Gasteiger partial charge in [-0.1, -0.05) is 24.3 Å². The molecule has 1 aliphatic rings. The molecule has 0 bridgehead atoms. The number of benzene rings is 1. The smallest absolute Gasteiger partial charge is 0.225 e. The van der Waals surface area contributed by atoms with Gasteiger partial charge in [-0.05, 0) is 48.6 Å². The highest BCUT2D eigenvalue weighted by Gasteiger charge is 2.26. The van der Waals surface area contributed by atoms with E-state index in [2.05, 4.69) is 20.4 Å². The van der Waals surface area contributed by atoms with Crippen molar-refractivity contribution in [1.82, 2.24) is 15.5 Å². The van der Waals surface area contributed by atoms with E-state index in [-0.39, 0.29) is 11.8 Å². The number of anilines is 1.